The van der Waals surface area contributed by atoms with Crippen LogP contribution in [0.15, 0.2) is 23.1 Å². The van der Waals surface area contributed by atoms with Gasteiger partial charge in [-0.25, -0.2) is 12.8 Å². The molecule has 2 rings (SSSR count). The van der Waals surface area contributed by atoms with Crippen LogP contribution in [-0.2, 0) is 16.2 Å². The first-order chi connectivity index (χ1) is 9.67. The smallest absolute Gasteiger partial charge is 0.329 e. The predicted molar refractivity (Wildman–Crippen MR) is 67.4 cm³/mol. The number of halogens is 4. The Bertz CT molecular complexity index is 631. The molecule has 1 aliphatic rings. The van der Waals surface area contributed by atoms with Crippen LogP contribution in [0.3, 0.4) is 0 Å². The summed E-state index contributed by atoms with van der Waals surface area (Å²) in [6, 6.07) is 1.02. The fourth-order valence-electron chi connectivity index (χ4n) is 2.44. The lowest BCUT2D eigenvalue weighted by Gasteiger charge is -2.24. The van der Waals surface area contributed by atoms with Gasteiger partial charge in [0.1, 0.15) is 5.82 Å². The van der Waals surface area contributed by atoms with Crippen LogP contribution in [0.5, 0.6) is 0 Å². The van der Waals surface area contributed by atoms with E-state index in [0.717, 1.165) is 4.31 Å². The van der Waals surface area contributed by atoms with Crippen molar-refractivity contribution in [2.24, 2.45) is 5.73 Å². The van der Waals surface area contributed by atoms with E-state index >= 15 is 0 Å². The van der Waals surface area contributed by atoms with E-state index in [-0.39, 0.29) is 19.2 Å². The topological polar surface area (TPSA) is 63.4 Å². The number of hydrogen-bond donors (Lipinski definition) is 1. The summed E-state index contributed by atoms with van der Waals surface area (Å²) in [5.41, 5.74) is 3.96. The van der Waals surface area contributed by atoms with Gasteiger partial charge in [0.25, 0.3) is 0 Å². The van der Waals surface area contributed by atoms with Gasteiger partial charge in [0.15, 0.2) is 0 Å². The van der Waals surface area contributed by atoms with Crippen LogP contribution >= 0.6 is 0 Å². The SMILES string of the molecule is NC[C@@H]1CCCN1S(=O)(=O)c1ccc(F)cc1C(F)(F)F. The first-order valence-electron chi connectivity index (χ1n) is 6.26. The van der Waals surface area contributed by atoms with Crippen molar-refractivity contribution >= 4 is 10.0 Å². The average molecular weight is 326 g/mol. The molecule has 0 spiro atoms. The number of sulfonamides is 1. The van der Waals surface area contributed by atoms with Crippen LogP contribution in [-0.4, -0.2) is 31.9 Å². The van der Waals surface area contributed by atoms with Crippen molar-refractivity contribution in [1.29, 1.82) is 0 Å². The van der Waals surface area contributed by atoms with E-state index in [9.17, 15) is 26.0 Å². The summed E-state index contributed by atoms with van der Waals surface area (Å²) in [7, 11) is -4.36. The van der Waals surface area contributed by atoms with Crippen LogP contribution in [0.2, 0.25) is 0 Å². The van der Waals surface area contributed by atoms with Crippen molar-refractivity contribution in [2.45, 2.75) is 30.0 Å². The quantitative estimate of drug-likeness (QED) is 0.864. The molecule has 1 heterocycles. The molecule has 21 heavy (non-hydrogen) atoms. The molecule has 0 aromatic heterocycles. The Morgan fingerprint density at radius 2 is 2.00 bits per heavy atom. The second-order valence-corrected chi connectivity index (χ2v) is 6.64. The molecule has 9 heteroatoms. The van der Waals surface area contributed by atoms with Crippen LogP contribution in [0.25, 0.3) is 0 Å². The van der Waals surface area contributed by atoms with E-state index in [1.807, 2.05) is 0 Å². The molecule has 1 aromatic rings. The van der Waals surface area contributed by atoms with Crippen molar-refractivity contribution in [3.05, 3.63) is 29.6 Å². The molecule has 0 radical (unpaired) electrons. The summed E-state index contributed by atoms with van der Waals surface area (Å²) < 4.78 is 77.7. The normalized spacial score (nSPS) is 20.9. The van der Waals surface area contributed by atoms with Gasteiger partial charge in [-0.2, -0.15) is 17.5 Å². The molecule has 4 nitrogen and oxygen atoms in total. The summed E-state index contributed by atoms with van der Waals surface area (Å²) >= 11 is 0. The third kappa shape index (κ3) is 3.04. The number of hydrogen-bond acceptors (Lipinski definition) is 3. The van der Waals surface area contributed by atoms with Crippen LogP contribution < -0.4 is 5.73 Å². The fraction of sp³-hybridized carbons (Fsp3) is 0.500. The molecular formula is C12H14F4N2O2S. The Morgan fingerprint density at radius 1 is 1.33 bits per heavy atom. The molecule has 1 atom stereocenters. The second kappa shape index (κ2) is 5.54. The maximum absolute atomic E-state index is 13.1. The zero-order valence-corrected chi connectivity index (χ0v) is 11.7. The van der Waals surface area contributed by atoms with Gasteiger partial charge in [0, 0.05) is 19.1 Å². The van der Waals surface area contributed by atoms with E-state index in [1.54, 1.807) is 0 Å². The van der Waals surface area contributed by atoms with Crippen LogP contribution in [0, 0.1) is 5.82 Å². The third-order valence-corrected chi connectivity index (χ3v) is 5.44. The van der Waals surface area contributed by atoms with Gasteiger partial charge in [-0.05, 0) is 31.0 Å². The molecule has 1 fully saturated rings. The zero-order valence-electron chi connectivity index (χ0n) is 10.9. The number of rotatable bonds is 3. The first kappa shape index (κ1) is 16.2. The molecule has 2 N–H and O–H groups in total. The van der Waals surface area contributed by atoms with Gasteiger partial charge in [0.2, 0.25) is 10.0 Å². The molecule has 0 unspecified atom stereocenters. The Kier molecular flexibility index (Phi) is 4.27. The van der Waals surface area contributed by atoms with E-state index in [0.29, 0.717) is 25.0 Å². The van der Waals surface area contributed by atoms with Crippen molar-refractivity contribution in [2.75, 3.05) is 13.1 Å². The Morgan fingerprint density at radius 3 is 2.57 bits per heavy atom. The number of alkyl halides is 3. The number of benzene rings is 1. The lowest BCUT2D eigenvalue weighted by atomic mass is 10.2. The van der Waals surface area contributed by atoms with Crippen molar-refractivity contribution in [3.63, 3.8) is 0 Å². The molecule has 1 aliphatic heterocycles. The summed E-state index contributed by atoms with van der Waals surface area (Å²) in [6.07, 6.45) is -3.93. The van der Waals surface area contributed by atoms with Crippen LogP contribution in [0.4, 0.5) is 17.6 Å². The molecule has 118 valence electrons. The summed E-state index contributed by atoms with van der Waals surface area (Å²) in [5, 5.41) is 0. The highest BCUT2D eigenvalue weighted by atomic mass is 32.2. The standard InChI is InChI=1S/C12H14F4N2O2S/c13-8-3-4-11(10(6-8)12(14,15)16)21(19,20)18-5-1-2-9(18)7-17/h3-4,6,9H,1-2,5,7,17H2/t9-/m0/s1. The maximum Gasteiger partial charge on any atom is 0.417 e. The lowest BCUT2D eigenvalue weighted by molar-refractivity contribution is -0.140. The minimum absolute atomic E-state index is 0.0295. The third-order valence-electron chi connectivity index (χ3n) is 3.43. The van der Waals surface area contributed by atoms with E-state index in [1.165, 1.54) is 0 Å². The lowest BCUT2D eigenvalue weighted by Crippen LogP contribution is -2.40. The van der Waals surface area contributed by atoms with Crippen molar-refractivity contribution < 1.29 is 26.0 Å². The predicted octanol–water partition coefficient (Wildman–Crippen LogP) is 1.96. The molecule has 0 saturated carbocycles. The minimum atomic E-state index is -4.96. The van der Waals surface area contributed by atoms with E-state index in [2.05, 4.69) is 0 Å². The number of nitrogens with two attached hydrogens (primary N) is 1. The van der Waals surface area contributed by atoms with E-state index in [4.69, 9.17) is 5.73 Å². The Hall–Kier alpha value is -1.19. The summed E-state index contributed by atoms with van der Waals surface area (Å²) in [6.45, 7) is 0.140. The fourth-order valence-corrected chi connectivity index (χ4v) is 4.33. The second-order valence-electron chi connectivity index (χ2n) is 4.79. The Balaban J connectivity index is 2.55. The van der Waals surface area contributed by atoms with Crippen molar-refractivity contribution in [1.82, 2.24) is 4.31 Å². The summed E-state index contributed by atoms with van der Waals surface area (Å²) in [5.74, 6) is -1.14. The maximum atomic E-state index is 13.1. The average Bonchev–Trinajstić information content (AvgIpc) is 2.86. The zero-order chi connectivity index (χ0) is 15.8. The van der Waals surface area contributed by atoms with Gasteiger partial charge in [-0.1, -0.05) is 0 Å². The molecule has 1 saturated heterocycles. The highest BCUT2D eigenvalue weighted by molar-refractivity contribution is 7.89. The highest BCUT2D eigenvalue weighted by Gasteiger charge is 2.42. The molecule has 1 aromatic carbocycles. The number of nitrogens with zero attached hydrogens (tertiary/aromatic N) is 1. The van der Waals surface area contributed by atoms with Gasteiger partial charge in [0.05, 0.1) is 10.5 Å². The monoisotopic (exact) mass is 326 g/mol. The van der Waals surface area contributed by atoms with E-state index < -0.39 is 38.5 Å². The molecule has 0 aliphatic carbocycles. The first-order valence-corrected chi connectivity index (χ1v) is 7.70. The molecule has 0 bridgehead atoms. The highest BCUT2D eigenvalue weighted by Crippen LogP contribution is 2.37. The summed E-state index contributed by atoms with van der Waals surface area (Å²) in [4.78, 5) is -0.934. The van der Waals surface area contributed by atoms with Gasteiger partial charge in [-0.15, -0.1) is 0 Å². The largest absolute Gasteiger partial charge is 0.417 e. The van der Waals surface area contributed by atoms with Gasteiger partial charge < -0.3 is 5.73 Å². The minimum Gasteiger partial charge on any atom is -0.329 e. The van der Waals surface area contributed by atoms with Gasteiger partial charge >= 0.3 is 6.18 Å². The molecular weight excluding hydrogens is 312 g/mol. The van der Waals surface area contributed by atoms with Gasteiger partial charge in [-0.3, -0.25) is 0 Å². The van der Waals surface area contributed by atoms with Crippen LogP contribution in [0.1, 0.15) is 18.4 Å². The Labute approximate surface area is 119 Å². The van der Waals surface area contributed by atoms with Crippen molar-refractivity contribution in [3.8, 4) is 0 Å². The molecule has 0 amide bonds.